The van der Waals surface area contributed by atoms with Crippen molar-refractivity contribution < 1.29 is 4.74 Å². The van der Waals surface area contributed by atoms with Crippen LogP contribution in [0.1, 0.15) is 0 Å². The monoisotopic (exact) mass is 183 g/mol. The Morgan fingerprint density at radius 3 is 3.17 bits per heavy atom. The molecule has 2 heterocycles. The number of ether oxygens (including phenoxy) is 1. The van der Waals surface area contributed by atoms with Gasteiger partial charge in [0.05, 0.1) is 12.6 Å². The summed E-state index contributed by atoms with van der Waals surface area (Å²) in [5.41, 5.74) is 0.826. The van der Waals surface area contributed by atoms with Crippen LogP contribution in [-0.2, 0) is 0 Å². The van der Waals surface area contributed by atoms with Crippen LogP contribution in [0, 0.1) is 0 Å². The van der Waals surface area contributed by atoms with Gasteiger partial charge in [-0.25, -0.2) is 4.98 Å². The van der Waals surface area contributed by atoms with Crippen LogP contribution >= 0.6 is 11.6 Å². The molecule has 0 atom stereocenters. The van der Waals surface area contributed by atoms with Gasteiger partial charge in [-0.15, -0.1) is 5.10 Å². The van der Waals surface area contributed by atoms with Crippen LogP contribution in [0.2, 0.25) is 5.15 Å². The summed E-state index contributed by atoms with van der Waals surface area (Å²) in [4.78, 5) is 3.91. The molecule has 0 aromatic carbocycles. The molecule has 0 saturated heterocycles. The first-order chi connectivity index (χ1) is 5.83. The van der Waals surface area contributed by atoms with E-state index >= 15 is 0 Å². The van der Waals surface area contributed by atoms with Crippen molar-refractivity contribution in [2.24, 2.45) is 0 Å². The second-order valence-corrected chi connectivity index (χ2v) is 2.62. The van der Waals surface area contributed by atoms with Gasteiger partial charge in [0.25, 0.3) is 0 Å². The standard InChI is InChI=1S/C7H6ClN3O/c1-12-7-5-4(10-11-7)2-3-9-6(5)8/h2-3H,1H3,(H,10,11). The fraction of sp³-hybridized carbons (Fsp3) is 0.143. The van der Waals surface area contributed by atoms with E-state index < -0.39 is 0 Å². The summed E-state index contributed by atoms with van der Waals surface area (Å²) in [6.07, 6.45) is 1.61. The van der Waals surface area contributed by atoms with E-state index in [4.69, 9.17) is 16.3 Å². The number of hydrogen-bond acceptors (Lipinski definition) is 3. The fourth-order valence-electron chi connectivity index (χ4n) is 1.05. The van der Waals surface area contributed by atoms with Crippen LogP contribution in [0.15, 0.2) is 12.3 Å². The van der Waals surface area contributed by atoms with Crippen LogP contribution in [0.25, 0.3) is 10.9 Å². The molecule has 0 unspecified atom stereocenters. The maximum atomic E-state index is 5.83. The molecule has 5 heteroatoms. The minimum atomic E-state index is 0.401. The minimum Gasteiger partial charge on any atom is -0.479 e. The Kier molecular flexibility index (Phi) is 1.62. The van der Waals surface area contributed by atoms with E-state index in [1.54, 1.807) is 19.4 Å². The number of fused-ring (bicyclic) bond motifs is 1. The third-order valence-electron chi connectivity index (χ3n) is 1.59. The van der Waals surface area contributed by atoms with Gasteiger partial charge in [0, 0.05) is 6.20 Å². The highest BCUT2D eigenvalue weighted by atomic mass is 35.5. The third kappa shape index (κ3) is 0.921. The number of aromatic amines is 1. The van der Waals surface area contributed by atoms with E-state index in [0.29, 0.717) is 11.0 Å². The van der Waals surface area contributed by atoms with Crippen LogP contribution in [0.4, 0.5) is 0 Å². The van der Waals surface area contributed by atoms with Crippen LogP contribution in [0.3, 0.4) is 0 Å². The molecule has 0 saturated carbocycles. The van der Waals surface area contributed by atoms with Crippen molar-refractivity contribution in [3.05, 3.63) is 17.4 Å². The van der Waals surface area contributed by atoms with Gasteiger partial charge in [0.15, 0.2) is 0 Å². The predicted octanol–water partition coefficient (Wildman–Crippen LogP) is 1.62. The lowest BCUT2D eigenvalue weighted by molar-refractivity contribution is 0.401. The first-order valence-electron chi connectivity index (χ1n) is 3.35. The summed E-state index contributed by atoms with van der Waals surface area (Å²) in [7, 11) is 1.54. The molecule has 2 aromatic heterocycles. The quantitative estimate of drug-likeness (QED) is 0.684. The van der Waals surface area contributed by atoms with Gasteiger partial charge in [-0.2, -0.15) is 0 Å². The highest BCUT2D eigenvalue weighted by Crippen LogP contribution is 2.27. The zero-order chi connectivity index (χ0) is 8.55. The van der Waals surface area contributed by atoms with Crippen molar-refractivity contribution in [2.75, 3.05) is 7.11 Å². The maximum absolute atomic E-state index is 5.83. The van der Waals surface area contributed by atoms with Gasteiger partial charge < -0.3 is 4.74 Å². The number of H-pyrrole nitrogens is 1. The Morgan fingerprint density at radius 1 is 1.58 bits per heavy atom. The predicted molar refractivity (Wildman–Crippen MR) is 45.5 cm³/mol. The second kappa shape index (κ2) is 2.64. The van der Waals surface area contributed by atoms with E-state index in [2.05, 4.69) is 15.2 Å². The van der Waals surface area contributed by atoms with E-state index in [1.165, 1.54) is 0 Å². The van der Waals surface area contributed by atoms with Crippen molar-refractivity contribution in [3.8, 4) is 5.88 Å². The molecule has 0 aliphatic heterocycles. The normalized spacial score (nSPS) is 10.5. The average molecular weight is 184 g/mol. The summed E-state index contributed by atoms with van der Waals surface area (Å²) in [6.45, 7) is 0. The lowest BCUT2D eigenvalue weighted by Gasteiger charge is -1.94. The summed E-state index contributed by atoms with van der Waals surface area (Å²) < 4.78 is 4.98. The Balaban J connectivity index is 2.83. The number of nitrogens with zero attached hydrogens (tertiary/aromatic N) is 2. The second-order valence-electron chi connectivity index (χ2n) is 2.26. The van der Waals surface area contributed by atoms with Gasteiger partial charge in [0.1, 0.15) is 10.5 Å². The maximum Gasteiger partial charge on any atom is 0.243 e. The Labute approximate surface area is 73.5 Å². The van der Waals surface area contributed by atoms with Gasteiger partial charge in [0.2, 0.25) is 5.88 Å². The van der Waals surface area contributed by atoms with Crippen molar-refractivity contribution in [1.29, 1.82) is 0 Å². The number of pyridine rings is 1. The van der Waals surface area contributed by atoms with Crippen molar-refractivity contribution in [3.63, 3.8) is 0 Å². The largest absolute Gasteiger partial charge is 0.479 e. The topological polar surface area (TPSA) is 50.8 Å². The molecule has 2 rings (SSSR count). The molecule has 0 radical (unpaired) electrons. The molecule has 0 aliphatic carbocycles. The number of aromatic nitrogens is 3. The zero-order valence-electron chi connectivity index (χ0n) is 6.34. The number of nitrogens with one attached hydrogen (secondary N) is 1. The minimum absolute atomic E-state index is 0.401. The Hall–Kier alpha value is -1.29. The van der Waals surface area contributed by atoms with Crippen LogP contribution < -0.4 is 4.74 Å². The fourth-order valence-corrected chi connectivity index (χ4v) is 1.29. The van der Waals surface area contributed by atoms with E-state index in [0.717, 1.165) is 10.9 Å². The molecule has 1 N–H and O–H groups in total. The zero-order valence-corrected chi connectivity index (χ0v) is 7.09. The van der Waals surface area contributed by atoms with E-state index in [9.17, 15) is 0 Å². The number of rotatable bonds is 1. The Bertz CT molecular complexity index is 412. The smallest absolute Gasteiger partial charge is 0.243 e. The summed E-state index contributed by atoms with van der Waals surface area (Å²) >= 11 is 5.83. The molecular formula is C7H6ClN3O. The molecule has 2 aromatic rings. The first-order valence-corrected chi connectivity index (χ1v) is 3.73. The third-order valence-corrected chi connectivity index (χ3v) is 1.88. The van der Waals surface area contributed by atoms with Crippen LogP contribution in [0.5, 0.6) is 5.88 Å². The molecule has 0 spiro atoms. The summed E-state index contributed by atoms with van der Waals surface area (Å²) in [5, 5.41) is 7.81. The molecule has 0 aliphatic rings. The molecule has 4 nitrogen and oxygen atoms in total. The van der Waals surface area contributed by atoms with Crippen molar-refractivity contribution >= 4 is 22.5 Å². The first kappa shape index (κ1) is 7.36. The van der Waals surface area contributed by atoms with Gasteiger partial charge in [-0.05, 0) is 6.07 Å². The molecule has 0 bridgehead atoms. The summed E-state index contributed by atoms with van der Waals surface area (Å²) in [6, 6.07) is 1.79. The van der Waals surface area contributed by atoms with E-state index in [-0.39, 0.29) is 0 Å². The van der Waals surface area contributed by atoms with Crippen LogP contribution in [-0.4, -0.2) is 22.3 Å². The number of halogens is 1. The molecular weight excluding hydrogens is 178 g/mol. The van der Waals surface area contributed by atoms with E-state index in [1.807, 2.05) is 0 Å². The summed E-state index contributed by atoms with van der Waals surface area (Å²) in [5.74, 6) is 0.475. The molecule has 0 amide bonds. The molecule has 0 fully saturated rings. The van der Waals surface area contributed by atoms with Crippen molar-refractivity contribution in [1.82, 2.24) is 15.2 Å². The van der Waals surface area contributed by atoms with Crippen molar-refractivity contribution in [2.45, 2.75) is 0 Å². The van der Waals surface area contributed by atoms with Gasteiger partial charge >= 0.3 is 0 Å². The number of hydrogen-bond donors (Lipinski definition) is 1. The molecule has 12 heavy (non-hydrogen) atoms. The number of methoxy groups -OCH3 is 1. The lowest BCUT2D eigenvalue weighted by atomic mass is 10.3. The molecule has 62 valence electrons. The SMILES string of the molecule is COc1n[nH]c2ccnc(Cl)c12. The average Bonchev–Trinajstić information content (AvgIpc) is 2.49. The van der Waals surface area contributed by atoms with Gasteiger partial charge in [-0.1, -0.05) is 11.6 Å². The van der Waals surface area contributed by atoms with Gasteiger partial charge in [-0.3, -0.25) is 5.10 Å². The Morgan fingerprint density at radius 2 is 2.42 bits per heavy atom. The highest BCUT2D eigenvalue weighted by molar-refractivity contribution is 6.34. The lowest BCUT2D eigenvalue weighted by Crippen LogP contribution is -1.83. The highest BCUT2D eigenvalue weighted by Gasteiger charge is 2.09.